The number of anilines is 1. The molecule has 0 saturated heterocycles. The van der Waals surface area contributed by atoms with Crippen molar-refractivity contribution in [2.24, 2.45) is 0 Å². The topological polar surface area (TPSA) is 99.6 Å². The number of nitrogens with two attached hydrogens (primary N) is 1. The lowest BCUT2D eigenvalue weighted by Gasteiger charge is -2.17. The lowest BCUT2D eigenvalue weighted by Crippen LogP contribution is -2.19. The van der Waals surface area contributed by atoms with E-state index in [9.17, 15) is 10.2 Å². The van der Waals surface area contributed by atoms with Gasteiger partial charge in [0, 0.05) is 12.2 Å². The third kappa shape index (κ3) is 2.39. The monoisotopic (exact) mass is 254 g/mol. The smallest absolute Gasteiger partial charge is 0.181 e. The van der Waals surface area contributed by atoms with Gasteiger partial charge in [-0.2, -0.15) is 0 Å². The highest BCUT2D eigenvalue weighted by Gasteiger charge is 2.21. The highest BCUT2D eigenvalue weighted by atomic mass is 32.1. The van der Waals surface area contributed by atoms with Gasteiger partial charge in [0.2, 0.25) is 0 Å². The third-order valence-electron chi connectivity index (χ3n) is 2.57. The fraction of sp³-hybridized carbons (Fsp3) is 0.364. The molecule has 2 atom stereocenters. The summed E-state index contributed by atoms with van der Waals surface area (Å²) < 4.78 is 0.871. The Hall–Kier alpha value is -1.21. The number of nitrogen functional groups attached to an aromatic ring is 1. The molecule has 0 aliphatic heterocycles. The van der Waals surface area contributed by atoms with Gasteiger partial charge in [0.1, 0.15) is 6.10 Å². The van der Waals surface area contributed by atoms with Crippen LogP contribution in [0.2, 0.25) is 0 Å². The Kier molecular flexibility index (Phi) is 3.58. The van der Waals surface area contributed by atoms with Crippen molar-refractivity contribution in [3.63, 3.8) is 0 Å². The molecule has 0 spiro atoms. The minimum absolute atomic E-state index is 0.122. The molecule has 5 N–H and O–H groups in total. The number of aliphatic hydroxyl groups excluding tert-OH is 3. The van der Waals surface area contributed by atoms with E-state index in [4.69, 9.17) is 10.8 Å². The second kappa shape index (κ2) is 4.97. The number of aromatic nitrogens is 1. The van der Waals surface area contributed by atoms with Crippen molar-refractivity contribution in [2.75, 3.05) is 12.3 Å². The van der Waals surface area contributed by atoms with Gasteiger partial charge in [-0.3, -0.25) is 0 Å². The van der Waals surface area contributed by atoms with Crippen molar-refractivity contribution in [2.45, 2.75) is 18.6 Å². The normalized spacial score (nSPS) is 15.0. The van der Waals surface area contributed by atoms with Crippen LogP contribution in [0.15, 0.2) is 18.2 Å². The van der Waals surface area contributed by atoms with Gasteiger partial charge < -0.3 is 21.1 Å². The summed E-state index contributed by atoms with van der Waals surface area (Å²) in [5.41, 5.74) is 6.77. The van der Waals surface area contributed by atoms with Crippen molar-refractivity contribution in [3.05, 3.63) is 23.8 Å². The molecule has 0 fully saturated rings. The van der Waals surface area contributed by atoms with Crippen molar-refractivity contribution >= 4 is 26.7 Å². The first kappa shape index (κ1) is 12.3. The first-order valence-corrected chi connectivity index (χ1v) is 6.07. The maximum atomic E-state index is 9.99. The summed E-state index contributed by atoms with van der Waals surface area (Å²) in [5.74, 6) is 0. The van der Waals surface area contributed by atoms with E-state index in [2.05, 4.69) is 4.98 Å². The quantitative estimate of drug-likeness (QED) is 0.642. The molecular weight excluding hydrogens is 240 g/mol. The minimum Gasteiger partial charge on any atom is -0.396 e. The lowest BCUT2D eigenvalue weighted by molar-refractivity contribution is 0.00492. The van der Waals surface area contributed by atoms with Gasteiger partial charge in [-0.1, -0.05) is 23.5 Å². The first-order valence-electron chi connectivity index (χ1n) is 5.25. The van der Waals surface area contributed by atoms with Crippen molar-refractivity contribution < 1.29 is 15.3 Å². The molecule has 92 valence electrons. The average Bonchev–Trinajstić information content (AvgIpc) is 2.68. The molecule has 2 rings (SSSR count). The molecule has 1 aromatic heterocycles. The number of aliphatic hydroxyl groups is 3. The molecule has 0 amide bonds. The maximum Gasteiger partial charge on any atom is 0.181 e. The molecule has 0 saturated carbocycles. The predicted molar refractivity (Wildman–Crippen MR) is 66.7 cm³/mol. The van der Waals surface area contributed by atoms with Crippen LogP contribution < -0.4 is 5.73 Å². The molecule has 1 aromatic carbocycles. The van der Waals surface area contributed by atoms with Gasteiger partial charge in [-0.15, -0.1) is 0 Å². The lowest BCUT2D eigenvalue weighted by atomic mass is 10.0. The first-order chi connectivity index (χ1) is 8.13. The van der Waals surface area contributed by atoms with Gasteiger partial charge in [0.25, 0.3) is 0 Å². The van der Waals surface area contributed by atoms with E-state index < -0.39 is 12.2 Å². The molecule has 0 bridgehead atoms. The molecule has 0 aliphatic carbocycles. The highest BCUT2D eigenvalue weighted by Crippen LogP contribution is 2.31. The summed E-state index contributed by atoms with van der Waals surface area (Å²) in [4.78, 5) is 4.14. The minimum atomic E-state index is -1.06. The number of rotatable bonds is 4. The molecule has 0 radical (unpaired) electrons. The van der Waals surface area contributed by atoms with Crippen LogP contribution in [0, 0.1) is 0 Å². The van der Waals surface area contributed by atoms with Crippen LogP contribution in [0.4, 0.5) is 5.13 Å². The third-order valence-corrected chi connectivity index (χ3v) is 3.42. The van der Waals surface area contributed by atoms with Crippen LogP contribution in [-0.2, 0) is 0 Å². The Morgan fingerprint density at radius 2 is 2.12 bits per heavy atom. The van der Waals surface area contributed by atoms with Crippen molar-refractivity contribution in [1.29, 1.82) is 0 Å². The number of hydrogen-bond acceptors (Lipinski definition) is 6. The molecular formula is C11H14N2O3S. The van der Waals surface area contributed by atoms with E-state index in [1.165, 1.54) is 11.3 Å². The van der Waals surface area contributed by atoms with Crippen molar-refractivity contribution in [3.8, 4) is 0 Å². The molecule has 6 heteroatoms. The highest BCUT2D eigenvalue weighted by molar-refractivity contribution is 7.22. The van der Waals surface area contributed by atoms with E-state index >= 15 is 0 Å². The molecule has 2 aromatic rings. The van der Waals surface area contributed by atoms with E-state index in [0.717, 1.165) is 4.70 Å². The molecule has 0 aliphatic rings. The van der Waals surface area contributed by atoms with Gasteiger partial charge >= 0.3 is 0 Å². The van der Waals surface area contributed by atoms with Gasteiger partial charge in [0.05, 0.1) is 16.3 Å². The van der Waals surface area contributed by atoms with Gasteiger partial charge in [0.15, 0.2) is 5.13 Å². The summed E-state index contributed by atoms with van der Waals surface area (Å²) in [6.07, 6.45) is -1.95. The van der Waals surface area contributed by atoms with E-state index in [1.807, 2.05) is 6.07 Å². The number of hydrogen-bond donors (Lipinski definition) is 4. The van der Waals surface area contributed by atoms with Crippen LogP contribution in [-0.4, -0.2) is 33.0 Å². The zero-order valence-corrected chi connectivity index (χ0v) is 9.89. The summed E-state index contributed by atoms with van der Waals surface area (Å²) in [6.45, 7) is -0.173. The number of fused-ring (bicyclic) bond motifs is 1. The number of thiazole rings is 1. The van der Waals surface area contributed by atoms with E-state index in [0.29, 0.717) is 16.2 Å². The van der Waals surface area contributed by atoms with Crippen LogP contribution in [0.1, 0.15) is 18.1 Å². The Morgan fingerprint density at radius 3 is 2.82 bits per heavy atom. The average molecular weight is 254 g/mol. The van der Waals surface area contributed by atoms with E-state index in [1.54, 1.807) is 12.1 Å². The Labute approximate surface area is 102 Å². The summed E-state index contributed by atoms with van der Waals surface area (Å²) in [5, 5.41) is 28.8. The fourth-order valence-corrected chi connectivity index (χ4v) is 2.49. The Bertz CT molecular complexity index is 514. The van der Waals surface area contributed by atoms with Crippen LogP contribution in [0.25, 0.3) is 10.2 Å². The fourth-order valence-electron chi connectivity index (χ4n) is 1.72. The molecule has 17 heavy (non-hydrogen) atoms. The van der Waals surface area contributed by atoms with Crippen LogP contribution in [0.5, 0.6) is 0 Å². The number of nitrogens with zero attached hydrogens (tertiary/aromatic N) is 1. The number of benzene rings is 1. The zero-order valence-electron chi connectivity index (χ0n) is 9.08. The van der Waals surface area contributed by atoms with Crippen molar-refractivity contribution in [1.82, 2.24) is 4.98 Å². The summed E-state index contributed by atoms with van der Waals surface area (Å²) in [7, 11) is 0. The summed E-state index contributed by atoms with van der Waals surface area (Å²) in [6, 6.07) is 5.34. The standard InChI is InChI=1S/C11H14N2O3S/c12-11-13-9-6(2-1-3-8(9)17-11)10(16)7(15)4-5-14/h1-3,7,10,14-16H,4-5H2,(H2,12,13). The van der Waals surface area contributed by atoms with E-state index in [-0.39, 0.29) is 13.0 Å². The number of para-hydroxylation sites is 1. The SMILES string of the molecule is Nc1nc2c(C(O)C(O)CCO)cccc2s1. The maximum absolute atomic E-state index is 9.99. The molecule has 1 heterocycles. The van der Waals surface area contributed by atoms with Gasteiger partial charge in [-0.25, -0.2) is 4.98 Å². The summed E-state index contributed by atoms with van der Waals surface area (Å²) >= 11 is 1.33. The Morgan fingerprint density at radius 1 is 1.35 bits per heavy atom. The molecule has 2 unspecified atom stereocenters. The largest absolute Gasteiger partial charge is 0.396 e. The molecule has 5 nitrogen and oxygen atoms in total. The van der Waals surface area contributed by atoms with Crippen LogP contribution in [0.3, 0.4) is 0 Å². The van der Waals surface area contributed by atoms with Gasteiger partial charge in [-0.05, 0) is 12.5 Å². The second-order valence-electron chi connectivity index (χ2n) is 3.77. The van der Waals surface area contributed by atoms with Crippen LogP contribution >= 0.6 is 11.3 Å². The zero-order chi connectivity index (χ0) is 12.4. The predicted octanol–water partition coefficient (Wildman–Crippen LogP) is 0.655. The Balaban J connectivity index is 2.40. The second-order valence-corrected chi connectivity index (χ2v) is 4.83.